The minimum atomic E-state index is -0.264. The van der Waals surface area contributed by atoms with Crippen molar-refractivity contribution in [1.82, 2.24) is 4.98 Å². The van der Waals surface area contributed by atoms with E-state index in [0.717, 1.165) is 11.3 Å². The van der Waals surface area contributed by atoms with Gasteiger partial charge in [-0.25, -0.2) is 0 Å². The van der Waals surface area contributed by atoms with Gasteiger partial charge in [-0.15, -0.1) is 0 Å². The summed E-state index contributed by atoms with van der Waals surface area (Å²) in [6, 6.07) is 8.34. The fraction of sp³-hybridized carbons (Fsp3) is 0.250. The molecule has 0 saturated heterocycles. The number of carbonyl (C=O) groups is 1. The minimum Gasteiger partial charge on any atom is -0.432 e. The smallest absolute Gasteiger partial charge is 0.301 e. The summed E-state index contributed by atoms with van der Waals surface area (Å²) in [7, 11) is 0. The topological polar surface area (TPSA) is 55.1 Å². The predicted octanol–water partition coefficient (Wildman–Crippen LogP) is 3.76. The van der Waals surface area contributed by atoms with Crippen molar-refractivity contribution in [1.29, 1.82) is 0 Å². The van der Waals surface area contributed by atoms with Crippen molar-refractivity contribution in [3.8, 4) is 0 Å². The summed E-state index contributed by atoms with van der Waals surface area (Å²) in [5, 5.41) is 2.56. The van der Waals surface area contributed by atoms with E-state index in [1.165, 1.54) is 17.9 Å². The molecule has 2 aromatic rings. The van der Waals surface area contributed by atoms with Gasteiger partial charge in [-0.05, 0) is 30.0 Å². The van der Waals surface area contributed by atoms with E-state index in [1.807, 2.05) is 12.1 Å². The highest BCUT2D eigenvalue weighted by Gasteiger charge is 2.03. The molecule has 20 heavy (non-hydrogen) atoms. The minimum absolute atomic E-state index is 0.215. The molecule has 0 fully saturated rings. The Hall–Kier alpha value is -2.36. The Morgan fingerprint density at radius 2 is 2.00 bits per heavy atom. The van der Waals surface area contributed by atoms with Crippen molar-refractivity contribution in [2.24, 2.45) is 0 Å². The van der Waals surface area contributed by atoms with Crippen LogP contribution < -0.4 is 5.32 Å². The third kappa shape index (κ3) is 3.82. The lowest BCUT2D eigenvalue weighted by molar-refractivity contribution is -0.112. The highest BCUT2D eigenvalue weighted by atomic mass is 16.4. The fourth-order valence-corrected chi connectivity index (χ4v) is 1.72. The largest absolute Gasteiger partial charge is 0.432 e. The van der Waals surface area contributed by atoms with E-state index >= 15 is 0 Å². The van der Waals surface area contributed by atoms with Crippen LogP contribution in [0.3, 0.4) is 0 Å². The number of carbonyl (C=O) groups excluding carboxylic acids is 1. The maximum Gasteiger partial charge on any atom is 0.301 e. The molecule has 0 aliphatic rings. The van der Waals surface area contributed by atoms with Crippen molar-refractivity contribution in [3.63, 3.8) is 0 Å². The second kappa shape index (κ2) is 6.19. The molecule has 1 aromatic carbocycles. The Morgan fingerprint density at radius 3 is 2.55 bits per heavy atom. The van der Waals surface area contributed by atoms with Gasteiger partial charge in [0.05, 0.1) is 5.69 Å². The number of nitrogens with one attached hydrogen (secondary N) is 1. The van der Waals surface area contributed by atoms with Crippen molar-refractivity contribution in [2.45, 2.75) is 26.7 Å². The maximum atomic E-state index is 11.7. The molecule has 0 saturated carbocycles. The molecule has 0 radical (unpaired) electrons. The van der Waals surface area contributed by atoms with Gasteiger partial charge in [-0.2, -0.15) is 4.98 Å². The summed E-state index contributed by atoms with van der Waals surface area (Å²) in [5.74, 6) is 0.240. The molecule has 0 aliphatic heterocycles. The number of nitrogens with zero attached hydrogens (tertiary/aromatic N) is 1. The van der Waals surface area contributed by atoms with E-state index in [9.17, 15) is 4.79 Å². The molecule has 4 nitrogen and oxygen atoms in total. The van der Waals surface area contributed by atoms with Crippen LogP contribution in [-0.2, 0) is 4.79 Å². The first-order chi connectivity index (χ1) is 9.54. The van der Waals surface area contributed by atoms with Crippen molar-refractivity contribution in [3.05, 3.63) is 53.4 Å². The normalized spacial score (nSPS) is 11.2. The fourth-order valence-electron chi connectivity index (χ4n) is 1.72. The summed E-state index contributed by atoms with van der Waals surface area (Å²) in [6.07, 6.45) is 4.71. The number of aryl methyl sites for hydroxylation is 1. The highest BCUT2D eigenvalue weighted by molar-refractivity contribution is 6.00. The third-order valence-corrected chi connectivity index (χ3v) is 2.88. The molecule has 0 aliphatic carbocycles. The standard InChI is InChI=1S/C16H18N2O2/c1-11(2)14-7-4-13(5-8-14)6-9-15(19)18-16-17-12(3)10-20-16/h4-11H,1-3H3,(H,17,18,19)/b9-6+. The van der Waals surface area contributed by atoms with Gasteiger partial charge < -0.3 is 4.42 Å². The number of anilines is 1. The van der Waals surface area contributed by atoms with Crippen molar-refractivity contribution >= 4 is 18.0 Å². The van der Waals surface area contributed by atoms with E-state index in [4.69, 9.17) is 4.42 Å². The zero-order valence-electron chi connectivity index (χ0n) is 11.9. The number of oxazole rings is 1. The Kier molecular flexibility index (Phi) is 4.35. The van der Waals surface area contributed by atoms with Crippen LogP contribution >= 0.6 is 0 Å². The number of rotatable bonds is 4. The van der Waals surface area contributed by atoms with E-state index in [1.54, 1.807) is 13.0 Å². The van der Waals surface area contributed by atoms with Crippen LogP contribution in [0, 0.1) is 6.92 Å². The Labute approximate surface area is 118 Å². The lowest BCUT2D eigenvalue weighted by atomic mass is 10.0. The molecule has 1 heterocycles. The highest BCUT2D eigenvalue weighted by Crippen LogP contribution is 2.15. The van der Waals surface area contributed by atoms with E-state index in [0.29, 0.717) is 5.92 Å². The average Bonchev–Trinajstić information content (AvgIpc) is 2.82. The van der Waals surface area contributed by atoms with Gasteiger partial charge in [0.15, 0.2) is 0 Å². The summed E-state index contributed by atoms with van der Waals surface area (Å²) in [6.45, 7) is 6.10. The summed E-state index contributed by atoms with van der Waals surface area (Å²) < 4.78 is 5.05. The van der Waals surface area contributed by atoms with Gasteiger partial charge in [0.25, 0.3) is 5.91 Å². The second-order valence-electron chi connectivity index (χ2n) is 4.94. The molecule has 0 spiro atoms. The van der Waals surface area contributed by atoms with Crippen LogP contribution in [-0.4, -0.2) is 10.9 Å². The molecule has 1 aromatic heterocycles. The van der Waals surface area contributed by atoms with Gasteiger partial charge in [0, 0.05) is 6.08 Å². The number of aromatic nitrogens is 1. The van der Waals surface area contributed by atoms with Crippen LogP contribution in [0.1, 0.15) is 36.6 Å². The SMILES string of the molecule is Cc1coc(NC(=O)/C=C/c2ccc(C(C)C)cc2)n1. The van der Waals surface area contributed by atoms with Gasteiger partial charge in [0.1, 0.15) is 6.26 Å². The molecule has 2 rings (SSSR count). The lowest BCUT2D eigenvalue weighted by Crippen LogP contribution is -2.07. The molecule has 0 atom stereocenters. The zero-order valence-corrected chi connectivity index (χ0v) is 11.9. The lowest BCUT2D eigenvalue weighted by Gasteiger charge is -2.04. The number of hydrogen-bond acceptors (Lipinski definition) is 3. The van der Waals surface area contributed by atoms with Crippen LogP contribution in [0.2, 0.25) is 0 Å². The quantitative estimate of drug-likeness (QED) is 0.861. The summed E-state index contributed by atoms with van der Waals surface area (Å²) in [4.78, 5) is 15.7. The molecular formula is C16H18N2O2. The number of hydrogen-bond donors (Lipinski definition) is 1. The first-order valence-electron chi connectivity index (χ1n) is 6.56. The maximum absolute atomic E-state index is 11.7. The molecule has 4 heteroatoms. The predicted molar refractivity (Wildman–Crippen MR) is 79.4 cm³/mol. The van der Waals surface area contributed by atoms with Gasteiger partial charge in [-0.1, -0.05) is 38.1 Å². The van der Waals surface area contributed by atoms with Crippen LogP contribution in [0.25, 0.3) is 6.08 Å². The molecule has 1 N–H and O–H groups in total. The van der Waals surface area contributed by atoms with Gasteiger partial charge in [-0.3, -0.25) is 10.1 Å². The third-order valence-electron chi connectivity index (χ3n) is 2.88. The van der Waals surface area contributed by atoms with E-state index < -0.39 is 0 Å². The first-order valence-corrected chi connectivity index (χ1v) is 6.56. The van der Waals surface area contributed by atoms with Crippen molar-refractivity contribution in [2.75, 3.05) is 5.32 Å². The first kappa shape index (κ1) is 14.1. The molecule has 1 amide bonds. The summed E-state index contributed by atoms with van der Waals surface area (Å²) >= 11 is 0. The van der Waals surface area contributed by atoms with Crippen LogP contribution in [0.15, 0.2) is 41.0 Å². The van der Waals surface area contributed by atoms with Gasteiger partial charge >= 0.3 is 6.01 Å². The Bertz CT molecular complexity index is 610. The number of benzene rings is 1. The zero-order chi connectivity index (χ0) is 14.5. The van der Waals surface area contributed by atoms with Crippen LogP contribution in [0.5, 0.6) is 0 Å². The molecular weight excluding hydrogens is 252 g/mol. The second-order valence-corrected chi connectivity index (χ2v) is 4.94. The monoisotopic (exact) mass is 270 g/mol. The summed E-state index contributed by atoms with van der Waals surface area (Å²) in [5.41, 5.74) is 2.99. The van der Waals surface area contributed by atoms with Crippen molar-refractivity contribution < 1.29 is 9.21 Å². The number of amides is 1. The molecule has 0 bridgehead atoms. The van der Waals surface area contributed by atoms with E-state index in [2.05, 4.69) is 36.3 Å². The average molecular weight is 270 g/mol. The van der Waals surface area contributed by atoms with Crippen LogP contribution in [0.4, 0.5) is 6.01 Å². The molecule has 0 unspecified atom stereocenters. The Morgan fingerprint density at radius 1 is 1.30 bits per heavy atom. The van der Waals surface area contributed by atoms with E-state index in [-0.39, 0.29) is 11.9 Å². The Balaban J connectivity index is 1.96. The van der Waals surface area contributed by atoms with Gasteiger partial charge in [0.2, 0.25) is 0 Å². The molecule has 104 valence electrons.